The van der Waals surface area contributed by atoms with Gasteiger partial charge < -0.3 is 45.5 Å². The zero-order valence-corrected chi connectivity index (χ0v) is 24.8. The van der Waals surface area contributed by atoms with Crippen LogP contribution in [0.2, 0.25) is 0 Å². The molecule has 0 bridgehead atoms. The van der Waals surface area contributed by atoms with Crippen molar-refractivity contribution < 1.29 is 43.9 Å². The van der Waals surface area contributed by atoms with Gasteiger partial charge in [-0.25, -0.2) is 4.39 Å². The Morgan fingerprint density at radius 1 is 1.14 bits per heavy atom. The first kappa shape index (κ1) is 32.7. The van der Waals surface area contributed by atoms with Crippen LogP contribution in [-0.4, -0.2) is 115 Å². The van der Waals surface area contributed by atoms with Gasteiger partial charge in [0.2, 0.25) is 5.91 Å². The van der Waals surface area contributed by atoms with E-state index >= 15 is 4.39 Å². The number of benzene rings is 2. The van der Waals surface area contributed by atoms with Crippen molar-refractivity contribution in [2.45, 2.75) is 61.1 Å². The quantitative estimate of drug-likeness (QED) is 0.0895. The van der Waals surface area contributed by atoms with Crippen molar-refractivity contribution in [1.82, 2.24) is 15.1 Å². The number of likely N-dealkylation sites (N-methyl/N-ethyl adjacent to an activating group) is 1. The summed E-state index contributed by atoms with van der Waals surface area (Å²) in [5, 5.41) is 47.1. The molecule has 12 nitrogen and oxygen atoms in total. The van der Waals surface area contributed by atoms with E-state index in [1.54, 1.807) is 24.3 Å². The molecule has 0 spiro atoms. The Bertz CT molecular complexity index is 1400. The number of carbonyl (C=O) groups excluding carboxylic acids is 3. The summed E-state index contributed by atoms with van der Waals surface area (Å²) in [4.78, 5) is 39.1. The molecule has 0 radical (unpaired) electrons. The maximum atomic E-state index is 15.3. The van der Waals surface area contributed by atoms with E-state index in [0.717, 1.165) is 12.7 Å². The SMILES string of the molecule is BC1(B)OC(O)(O)C(B)(O)N(Cc2ccc(CNc3cccc4c3CN(C(CCC=O)C(=O)NC)C4=O)c(F)c2)C1(B)O. The van der Waals surface area contributed by atoms with Crippen molar-refractivity contribution in [3.8, 4) is 0 Å². The Hall–Kier alpha value is -3.20. The molecule has 1 saturated heterocycles. The Morgan fingerprint density at radius 2 is 1.84 bits per heavy atom. The molecule has 0 aliphatic carbocycles. The van der Waals surface area contributed by atoms with Crippen LogP contribution >= 0.6 is 0 Å². The number of rotatable bonds is 10. The first-order valence-corrected chi connectivity index (χ1v) is 13.9. The van der Waals surface area contributed by atoms with E-state index < -0.39 is 34.5 Å². The molecule has 2 aliphatic rings. The zero-order chi connectivity index (χ0) is 32.0. The fraction of sp³-hybridized carbons (Fsp3) is 0.423. The number of anilines is 1. The fourth-order valence-electron chi connectivity index (χ4n) is 5.58. The van der Waals surface area contributed by atoms with E-state index in [1.165, 1.54) is 47.6 Å². The first-order valence-electron chi connectivity index (χ1n) is 13.9. The van der Waals surface area contributed by atoms with Crippen molar-refractivity contribution in [3.63, 3.8) is 0 Å². The lowest BCUT2D eigenvalue weighted by molar-refractivity contribution is -0.476. The lowest BCUT2D eigenvalue weighted by Gasteiger charge is -2.62. The molecule has 0 saturated carbocycles. The standard InChI is InChI=1S/C26H35B4FN4O8/c1-32-21(37)20(6-3-9-36)34-13-17-16(22(34)38)4-2-5-19(17)33-11-15-8-7-14(10-18(15)31)12-35-24(29,39)23(27,28)43-26(41,42)25(35,30)40/h2,4-5,7-10,20,33,39-42H,3,6,11-13,27-30H2,1H3,(H,32,37). The number of morpholine rings is 1. The Kier molecular flexibility index (Phi) is 8.91. The number of fused-ring (bicyclic) bond motifs is 1. The third-order valence-corrected chi connectivity index (χ3v) is 8.61. The average Bonchev–Trinajstić information content (AvgIpc) is 3.26. The van der Waals surface area contributed by atoms with Gasteiger partial charge in [-0.2, -0.15) is 0 Å². The largest absolute Gasteiger partial charge is 0.383 e. The summed E-state index contributed by atoms with van der Waals surface area (Å²) in [6.07, 6.45) is 1.01. The van der Waals surface area contributed by atoms with Crippen molar-refractivity contribution in [2.24, 2.45) is 0 Å². The van der Waals surface area contributed by atoms with Gasteiger partial charge in [0.15, 0.2) is 21.3 Å². The minimum atomic E-state index is -3.02. The maximum Gasteiger partial charge on any atom is 0.313 e. The van der Waals surface area contributed by atoms with E-state index in [4.69, 9.17) is 4.74 Å². The summed E-state index contributed by atoms with van der Waals surface area (Å²) < 4.78 is 20.5. The minimum Gasteiger partial charge on any atom is -0.383 e. The van der Waals surface area contributed by atoms with E-state index in [9.17, 15) is 34.8 Å². The van der Waals surface area contributed by atoms with Crippen molar-refractivity contribution in [1.29, 1.82) is 0 Å². The number of amides is 2. The number of aliphatic hydroxyl groups is 4. The highest BCUT2D eigenvalue weighted by molar-refractivity contribution is 6.44. The van der Waals surface area contributed by atoms with E-state index in [1.807, 2.05) is 0 Å². The highest BCUT2D eigenvalue weighted by Crippen LogP contribution is 2.41. The summed E-state index contributed by atoms with van der Waals surface area (Å²) in [7, 11) is 6.77. The van der Waals surface area contributed by atoms with Gasteiger partial charge in [0.05, 0.1) is 5.62 Å². The molecule has 2 heterocycles. The fourth-order valence-corrected chi connectivity index (χ4v) is 5.58. The summed E-state index contributed by atoms with van der Waals surface area (Å²) in [5.74, 6) is -4.31. The molecule has 1 fully saturated rings. The number of aldehydes is 1. The molecule has 226 valence electrons. The van der Waals surface area contributed by atoms with Crippen LogP contribution in [0.25, 0.3) is 0 Å². The van der Waals surface area contributed by atoms with E-state index in [2.05, 4.69) is 10.6 Å². The molecule has 17 heteroatoms. The molecule has 2 aliphatic heterocycles. The third-order valence-electron chi connectivity index (χ3n) is 8.61. The number of hydrogen-bond donors (Lipinski definition) is 6. The van der Waals surface area contributed by atoms with Crippen LogP contribution < -0.4 is 10.6 Å². The van der Waals surface area contributed by atoms with Gasteiger partial charge in [-0.3, -0.25) is 14.5 Å². The molecule has 3 unspecified atom stereocenters. The average molecular weight is 594 g/mol. The molecule has 2 aromatic carbocycles. The third kappa shape index (κ3) is 5.85. The number of nitrogens with zero attached hydrogens (tertiary/aromatic N) is 2. The van der Waals surface area contributed by atoms with Gasteiger partial charge in [-0.1, -0.05) is 18.2 Å². The molecule has 3 atom stereocenters. The van der Waals surface area contributed by atoms with Crippen LogP contribution in [0.4, 0.5) is 10.1 Å². The topological polar surface area (TPSA) is 172 Å². The van der Waals surface area contributed by atoms with Gasteiger partial charge in [0.25, 0.3) is 5.91 Å². The van der Waals surface area contributed by atoms with Crippen LogP contribution in [0.15, 0.2) is 36.4 Å². The molecular weight excluding hydrogens is 559 g/mol. The molecule has 6 N–H and O–H groups in total. The molecule has 43 heavy (non-hydrogen) atoms. The monoisotopic (exact) mass is 594 g/mol. The van der Waals surface area contributed by atoms with Crippen LogP contribution in [0.1, 0.15) is 39.9 Å². The number of ether oxygens (including phenoxy) is 1. The zero-order valence-electron chi connectivity index (χ0n) is 24.8. The molecule has 0 aromatic heterocycles. The van der Waals surface area contributed by atoms with E-state index in [-0.39, 0.29) is 49.9 Å². The van der Waals surface area contributed by atoms with Gasteiger partial charge in [0.1, 0.15) is 33.8 Å². The maximum absolute atomic E-state index is 15.3. The van der Waals surface area contributed by atoms with Gasteiger partial charge in [0, 0.05) is 60.9 Å². The van der Waals surface area contributed by atoms with Crippen molar-refractivity contribution in [2.75, 3.05) is 12.4 Å². The van der Waals surface area contributed by atoms with Crippen LogP contribution in [0.5, 0.6) is 0 Å². The minimum absolute atomic E-state index is 0.0528. The van der Waals surface area contributed by atoms with Crippen molar-refractivity contribution in [3.05, 3.63) is 64.5 Å². The van der Waals surface area contributed by atoms with Crippen LogP contribution in [-0.2, 0) is 34.0 Å². The lowest BCUT2D eigenvalue weighted by atomic mass is 9.50. The summed E-state index contributed by atoms with van der Waals surface area (Å²) in [6, 6.07) is 8.63. The second-order valence-electron chi connectivity index (χ2n) is 11.8. The molecular formula is C26H35B4FN4O8. The second-order valence-corrected chi connectivity index (χ2v) is 11.8. The number of carbonyl (C=O) groups is 3. The predicted octanol–water partition coefficient (Wildman–Crippen LogP) is -4.56. The predicted molar refractivity (Wildman–Crippen MR) is 164 cm³/mol. The Balaban J connectivity index is 1.52. The highest BCUT2D eigenvalue weighted by Gasteiger charge is 2.65. The Morgan fingerprint density at radius 3 is 2.47 bits per heavy atom. The summed E-state index contributed by atoms with van der Waals surface area (Å²) in [5.41, 5.74) is -2.05. The Labute approximate surface area is 252 Å². The molecule has 4 rings (SSSR count). The normalized spacial score (nSPS) is 25.2. The first-order chi connectivity index (χ1) is 20.0. The second kappa shape index (κ2) is 11.7. The van der Waals surface area contributed by atoms with Gasteiger partial charge in [-0.05, 0) is 30.2 Å². The number of hydrogen-bond acceptors (Lipinski definition) is 10. The van der Waals surface area contributed by atoms with Gasteiger partial charge >= 0.3 is 5.97 Å². The molecule has 2 aromatic rings. The van der Waals surface area contributed by atoms with Crippen LogP contribution in [0, 0.1) is 5.82 Å². The van der Waals surface area contributed by atoms with E-state index in [0.29, 0.717) is 28.7 Å². The number of nitrogens with one attached hydrogen (secondary N) is 2. The van der Waals surface area contributed by atoms with Crippen molar-refractivity contribution >= 4 is 55.2 Å². The number of halogens is 1. The highest BCUT2D eigenvalue weighted by atomic mass is 19.1. The summed E-state index contributed by atoms with van der Waals surface area (Å²) in [6.45, 7) is -0.0547. The molecule has 2 amide bonds. The summed E-state index contributed by atoms with van der Waals surface area (Å²) >= 11 is 0. The van der Waals surface area contributed by atoms with Crippen LogP contribution in [0.3, 0.4) is 0 Å². The lowest BCUT2D eigenvalue weighted by Crippen LogP contribution is -2.84. The smallest absolute Gasteiger partial charge is 0.313 e. The van der Waals surface area contributed by atoms with Gasteiger partial charge in [-0.15, -0.1) is 0 Å².